The number of rotatable bonds is 1. The molecular formula is C14H10O3. The second-order valence-corrected chi connectivity index (χ2v) is 4.04. The molecule has 1 aromatic heterocycles. The minimum absolute atomic E-state index is 0.249. The average molecular weight is 226 g/mol. The maximum absolute atomic E-state index is 11.3. The third-order valence-corrected chi connectivity index (χ3v) is 2.97. The van der Waals surface area contributed by atoms with E-state index in [1.807, 2.05) is 36.4 Å². The molecule has 0 fully saturated rings. The van der Waals surface area contributed by atoms with E-state index in [0.717, 1.165) is 16.4 Å². The van der Waals surface area contributed by atoms with E-state index in [-0.39, 0.29) is 5.56 Å². The van der Waals surface area contributed by atoms with Gasteiger partial charge in [0.15, 0.2) is 0 Å². The maximum Gasteiger partial charge on any atom is 0.339 e. The third-order valence-electron chi connectivity index (χ3n) is 2.97. The molecule has 0 atom stereocenters. The first kappa shape index (κ1) is 9.90. The Morgan fingerprint density at radius 2 is 1.88 bits per heavy atom. The van der Waals surface area contributed by atoms with Gasteiger partial charge in [0.2, 0.25) is 0 Å². The number of hydrogen-bond donors (Lipinski definition) is 1. The predicted molar refractivity (Wildman–Crippen MR) is 65.4 cm³/mol. The van der Waals surface area contributed by atoms with E-state index in [2.05, 4.69) is 0 Å². The van der Waals surface area contributed by atoms with E-state index in [0.29, 0.717) is 11.1 Å². The summed E-state index contributed by atoms with van der Waals surface area (Å²) in [5.41, 5.74) is 2.14. The summed E-state index contributed by atoms with van der Waals surface area (Å²) in [6, 6.07) is 11.3. The fourth-order valence-corrected chi connectivity index (χ4v) is 2.15. The second kappa shape index (κ2) is 3.35. The van der Waals surface area contributed by atoms with E-state index < -0.39 is 5.97 Å². The first-order valence-electron chi connectivity index (χ1n) is 5.32. The van der Waals surface area contributed by atoms with Gasteiger partial charge in [-0.05, 0) is 18.6 Å². The van der Waals surface area contributed by atoms with Gasteiger partial charge in [-0.1, -0.05) is 30.3 Å². The van der Waals surface area contributed by atoms with Gasteiger partial charge in [-0.3, -0.25) is 0 Å². The third kappa shape index (κ3) is 1.32. The van der Waals surface area contributed by atoms with Crippen LogP contribution >= 0.6 is 0 Å². The van der Waals surface area contributed by atoms with Crippen molar-refractivity contribution >= 4 is 27.9 Å². The van der Waals surface area contributed by atoms with Crippen LogP contribution in [0.2, 0.25) is 0 Å². The predicted octanol–water partition coefficient (Wildman–Crippen LogP) is 3.59. The van der Waals surface area contributed by atoms with Crippen molar-refractivity contribution in [3.05, 3.63) is 47.5 Å². The van der Waals surface area contributed by atoms with Crippen molar-refractivity contribution in [3.8, 4) is 0 Å². The number of carbonyl (C=O) groups is 1. The highest BCUT2D eigenvalue weighted by Gasteiger charge is 2.17. The second-order valence-electron chi connectivity index (χ2n) is 4.04. The molecule has 0 spiro atoms. The smallest absolute Gasteiger partial charge is 0.339 e. The summed E-state index contributed by atoms with van der Waals surface area (Å²) >= 11 is 0. The summed E-state index contributed by atoms with van der Waals surface area (Å²) in [6.45, 7) is 1.77. The Balaban J connectivity index is 2.56. The van der Waals surface area contributed by atoms with E-state index >= 15 is 0 Å². The lowest BCUT2D eigenvalue weighted by Gasteiger charge is -2.00. The Labute approximate surface area is 97.3 Å². The molecule has 3 rings (SSSR count). The van der Waals surface area contributed by atoms with Crippen molar-refractivity contribution in [1.82, 2.24) is 0 Å². The van der Waals surface area contributed by atoms with E-state index in [1.165, 1.54) is 0 Å². The molecule has 2 aromatic carbocycles. The van der Waals surface area contributed by atoms with Gasteiger partial charge in [0.05, 0.1) is 0 Å². The molecule has 3 aromatic rings. The number of carboxylic acids is 1. The van der Waals surface area contributed by atoms with Crippen LogP contribution in [0.15, 0.2) is 40.8 Å². The number of benzene rings is 2. The van der Waals surface area contributed by atoms with Crippen LogP contribution in [0.25, 0.3) is 21.9 Å². The number of fused-ring (bicyclic) bond motifs is 3. The summed E-state index contributed by atoms with van der Waals surface area (Å²) in [7, 11) is 0. The summed E-state index contributed by atoms with van der Waals surface area (Å²) in [5.74, 6) is -0.952. The minimum atomic E-state index is -0.952. The van der Waals surface area contributed by atoms with E-state index in [1.54, 1.807) is 6.92 Å². The highest BCUT2D eigenvalue weighted by molar-refractivity contribution is 6.12. The molecule has 3 heteroatoms. The number of furan rings is 1. The molecule has 1 N–H and O–H groups in total. The van der Waals surface area contributed by atoms with Gasteiger partial charge >= 0.3 is 5.97 Å². The van der Waals surface area contributed by atoms with E-state index in [4.69, 9.17) is 4.42 Å². The highest BCUT2D eigenvalue weighted by Crippen LogP contribution is 2.32. The molecule has 1 heterocycles. The van der Waals surface area contributed by atoms with Gasteiger partial charge in [0, 0.05) is 10.8 Å². The molecule has 0 bridgehead atoms. The van der Waals surface area contributed by atoms with Gasteiger partial charge in [-0.15, -0.1) is 0 Å². The first-order chi connectivity index (χ1) is 8.18. The molecule has 0 saturated heterocycles. The molecular weight excluding hydrogens is 216 g/mol. The zero-order valence-electron chi connectivity index (χ0n) is 9.23. The largest absolute Gasteiger partial charge is 0.478 e. The Bertz CT molecular complexity index is 738. The summed E-state index contributed by atoms with van der Waals surface area (Å²) < 4.78 is 5.64. The van der Waals surface area contributed by atoms with Crippen molar-refractivity contribution in [2.45, 2.75) is 6.92 Å². The zero-order chi connectivity index (χ0) is 12.0. The Kier molecular flexibility index (Phi) is 1.95. The van der Waals surface area contributed by atoms with Gasteiger partial charge in [0.1, 0.15) is 16.7 Å². The standard InChI is InChI=1S/C14H10O3/c1-8-6-7-10-9-4-2-3-5-11(9)17-13(10)12(8)14(15)16/h2-7H,1H3,(H,15,16). The van der Waals surface area contributed by atoms with Crippen LogP contribution < -0.4 is 0 Å². The molecule has 84 valence electrons. The molecule has 0 amide bonds. The van der Waals surface area contributed by atoms with Crippen LogP contribution in [0.4, 0.5) is 0 Å². The maximum atomic E-state index is 11.3. The average Bonchev–Trinajstić information content (AvgIpc) is 2.66. The highest BCUT2D eigenvalue weighted by atomic mass is 16.4. The molecule has 0 aliphatic carbocycles. The number of aryl methyl sites for hydroxylation is 1. The monoisotopic (exact) mass is 226 g/mol. The fourth-order valence-electron chi connectivity index (χ4n) is 2.15. The fraction of sp³-hybridized carbons (Fsp3) is 0.0714. The van der Waals surface area contributed by atoms with Crippen LogP contribution in [0.3, 0.4) is 0 Å². The van der Waals surface area contributed by atoms with Crippen LogP contribution in [-0.2, 0) is 0 Å². The Hall–Kier alpha value is -2.29. The van der Waals surface area contributed by atoms with Crippen molar-refractivity contribution in [1.29, 1.82) is 0 Å². The quantitative estimate of drug-likeness (QED) is 0.689. The van der Waals surface area contributed by atoms with Gasteiger partial charge in [-0.25, -0.2) is 4.79 Å². The zero-order valence-corrected chi connectivity index (χ0v) is 9.23. The van der Waals surface area contributed by atoms with Crippen molar-refractivity contribution < 1.29 is 14.3 Å². The normalized spacial score (nSPS) is 11.1. The van der Waals surface area contributed by atoms with Crippen LogP contribution in [-0.4, -0.2) is 11.1 Å². The van der Waals surface area contributed by atoms with Crippen LogP contribution in [0, 0.1) is 6.92 Å². The van der Waals surface area contributed by atoms with Crippen LogP contribution in [0.5, 0.6) is 0 Å². The summed E-state index contributed by atoms with van der Waals surface area (Å²) in [6.07, 6.45) is 0. The summed E-state index contributed by atoms with van der Waals surface area (Å²) in [4.78, 5) is 11.3. The Morgan fingerprint density at radius 1 is 1.12 bits per heavy atom. The van der Waals surface area contributed by atoms with Gasteiger partial charge in [0.25, 0.3) is 0 Å². The van der Waals surface area contributed by atoms with Crippen LogP contribution in [0.1, 0.15) is 15.9 Å². The van der Waals surface area contributed by atoms with E-state index in [9.17, 15) is 9.90 Å². The molecule has 0 unspecified atom stereocenters. The molecule has 3 nitrogen and oxygen atoms in total. The van der Waals surface area contributed by atoms with Gasteiger partial charge in [-0.2, -0.15) is 0 Å². The lowest BCUT2D eigenvalue weighted by molar-refractivity contribution is 0.0697. The van der Waals surface area contributed by atoms with Crippen molar-refractivity contribution in [2.75, 3.05) is 0 Å². The lowest BCUT2D eigenvalue weighted by atomic mass is 10.0. The molecule has 0 aliphatic heterocycles. The molecule has 0 radical (unpaired) electrons. The molecule has 17 heavy (non-hydrogen) atoms. The number of para-hydroxylation sites is 1. The number of carboxylic acid groups (broad SMARTS) is 1. The van der Waals surface area contributed by atoms with Crippen molar-refractivity contribution in [3.63, 3.8) is 0 Å². The lowest BCUT2D eigenvalue weighted by Crippen LogP contribution is -1.99. The van der Waals surface area contributed by atoms with Gasteiger partial charge < -0.3 is 9.52 Å². The first-order valence-corrected chi connectivity index (χ1v) is 5.32. The SMILES string of the molecule is Cc1ccc2c(oc3ccccc32)c1C(=O)O. The molecule has 0 saturated carbocycles. The number of hydrogen-bond acceptors (Lipinski definition) is 2. The van der Waals surface area contributed by atoms with Crippen molar-refractivity contribution in [2.24, 2.45) is 0 Å². The topological polar surface area (TPSA) is 50.4 Å². The minimum Gasteiger partial charge on any atom is -0.478 e. The Morgan fingerprint density at radius 3 is 2.65 bits per heavy atom. The summed E-state index contributed by atoms with van der Waals surface area (Å²) in [5, 5.41) is 11.0. The molecule has 0 aliphatic rings. The number of aromatic carboxylic acids is 1.